The minimum atomic E-state index is -0.135. The van der Waals surface area contributed by atoms with Crippen LogP contribution in [0.3, 0.4) is 0 Å². The first-order chi connectivity index (χ1) is 14.7. The first-order valence-corrected chi connectivity index (χ1v) is 10.8. The standard InChI is InChI=1S/C23H25N3O3S/c1-28-17-10-11-21(29-2)18(13-17)19-15-30-23(24-19)25-22(27)20-9-6-12-26(20)14-16-7-4-3-5-8-16/h3-5,7-8,10-11,13,15,20H,6,9,12,14H2,1-2H3,(H,24,25,27). The van der Waals surface area contributed by atoms with Crippen molar-refractivity contribution in [1.29, 1.82) is 0 Å². The molecule has 7 heteroatoms. The Labute approximate surface area is 180 Å². The molecule has 1 aliphatic heterocycles. The summed E-state index contributed by atoms with van der Waals surface area (Å²) in [4.78, 5) is 19.8. The van der Waals surface area contributed by atoms with E-state index in [-0.39, 0.29) is 11.9 Å². The van der Waals surface area contributed by atoms with E-state index in [1.165, 1.54) is 16.9 Å². The van der Waals surface area contributed by atoms with Crippen molar-refractivity contribution < 1.29 is 14.3 Å². The fraction of sp³-hybridized carbons (Fsp3) is 0.304. The van der Waals surface area contributed by atoms with Gasteiger partial charge in [0.15, 0.2) is 5.13 Å². The van der Waals surface area contributed by atoms with Crippen molar-refractivity contribution in [3.05, 3.63) is 59.5 Å². The number of likely N-dealkylation sites (tertiary alicyclic amines) is 1. The van der Waals surface area contributed by atoms with Gasteiger partial charge in [-0.05, 0) is 43.1 Å². The van der Waals surface area contributed by atoms with E-state index in [1.54, 1.807) is 14.2 Å². The Hall–Kier alpha value is -2.90. The highest BCUT2D eigenvalue weighted by Gasteiger charge is 2.31. The molecule has 1 N–H and O–H groups in total. The third-order valence-corrected chi connectivity index (χ3v) is 6.07. The Balaban J connectivity index is 1.46. The first-order valence-electron chi connectivity index (χ1n) is 9.94. The topological polar surface area (TPSA) is 63.7 Å². The molecule has 2 heterocycles. The summed E-state index contributed by atoms with van der Waals surface area (Å²) in [6, 6.07) is 15.7. The summed E-state index contributed by atoms with van der Waals surface area (Å²) in [7, 11) is 3.25. The summed E-state index contributed by atoms with van der Waals surface area (Å²) < 4.78 is 10.8. The molecule has 0 aliphatic carbocycles. The molecule has 3 aromatic rings. The second kappa shape index (κ2) is 9.28. The normalized spacial score (nSPS) is 16.4. The van der Waals surface area contributed by atoms with E-state index in [1.807, 2.05) is 41.8 Å². The average Bonchev–Trinajstić information content (AvgIpc) is 3.43. The number of thiazole rings is 1. The van der Waals surface area contributed by atoms with E-state index in [0.717, 1.165) is 42.9 Å². The number of anilines is 1. The van der Waals surface area contributed by atoms with Gasteiger partial charge in [-0.2, -0.15) is 0 Å². The summed E-state index contributed by atoms with van der Waals surface area (Å²) in [5.41, 5.74) is 2.80. The van der Waals surface area contributed by atoms with Crippen LogP contribution < -0.4 is 14.8 Å². The van der Waals surface area contributed by atoms with Gasteiger partial charge in [0.2, 0.25) is 5.91 Å². The molecule has 156 valence electrons. The van der Waals surface area contributed by atoms with Gasteiger partial charge in [0, 0.05) is 17.5 Å². The number of amides is 1. The van der Waals surface area contributed by atoms with Crippen LogP contribution in [0.1, 0.15) is 18.4 Å². The maximum Gasteiger partial charge on any atom is 0.243 e. The number of benzene rings is 2. The molecule has 0 saturated carbocycles. The monoisotopic (exact) mass is 423 g/mol. The van der Waals surface area contributed by atoms with Crippen LogP contribution in [0.15, 0.2) is 53.9 Å². The number of methoxy groups -OCH3 is 2. The maximum atomic E-state index is 13.0. The molecule has 0 spiro atoms. The molecule has 1 atom stereocenters. The van der Waals surface area contributed by atoms with Crippen LogP contribution in [0, 0.1) is 0 Å². The number of nitrogens with zero attached hydrogens (tertiary/aromatic N) is 2. The number of rotatable bonds is 7. The maximum absolute atomic E-state index is 13.0. The molecular formula is C23H25N3O3S. The lowest BCUT2D eigenvalue weighted by Crippen LogP contribution is -2.39. The minimum absolute atomic E-state index is 0.00179. The molecule has 0 radical (unpaired) electrons. The lowest BCUT2D eigenvalue weighted by Gasteiger charge is -2.23. The molecule has 1 amide bonds. The predicted octanol–water partition coefficient (Wildman–Crippen LogP) is 4.43. The average molecular weight is 424 g/mol. The summed E-state index contributed by atoms with van der Waals surface area (Å²) in [5.74, 6) is 1.44. The van der Waals surface area contributed by atoms with E-state index < -0.39 is 0 Å². The fourth-order valence-electron chi connectivity index (χ4n) is 3.79. The van der Waals surface area contributed by atoms with Crippen molar-refractivity contribution in [1.82, 2.24) is 9.88 Å². The number of hydrogen-bond acceptors (Lipinski definition) is 6. The number of carbonyl (C=O) groups is 1. The zero-order chi connectivity index (χ0) is 20.9. The van der Waals surface area contributed by atoms with Gasteiger partial charge in [-0.1, -0.05) is 30.3 Å². The summed E-state index contributed by atoms with van der Waals surface area (Å²) >= 11 is 1.41. The third kappa shape index (κ3) is 4.47. The summed E-state index contributed by atoms with van der Waals surface area (Å²) in [6.45, 7) is 1.71. The minimum Gasteiger partial charge on any atom is -0.497 e. The number of nitrogens with one attached hydrogen (secondary N) is 1. The number of hydrogen-bond donors (Lipinski definition) is 1. The molecule has 1 saturated heterocycles. The van der Waals surface area contributed by atoms with Gasteiger partial charge in [0.25, 0.3) is 0 Å². The Bertz CT molecular complexity index is 1010. The van der Waals surface area contributed by atoms with Gasteiger partial charge in [-0.3, -0.25) is 9.69 Å². The van der Waals surface area contributed by atoms with Gasteiger partial charge in [-0.15, -0.1) is 11.3 Å². The first kappa shape index (κ1) is 20.4. The molecule has 4 rings (SSSR count). The highest BCUT2D eigenvalue weighted by Crippen LogP contribution is 2.35. The van der Waals surface area contributed by atoms with Crippen LogP contribution in [0.25, 0.3) is 11.3 Å². The summed E-state index contributed by atoms with van der Waals surface area (Å²) in [6.07, 6.45) is 1.88. The third-order valence-electron chi connectivity index (χ3n) is 5.31. The highest BCUT2D eigenvalue weighted by molar-refractivity contribution is 7.14. The molecule has 2 aromatic carbocycles. The Morgan fingerprint density at radius 2 is 2.03 bits per heavy atom. The van der Waals surface area contributed by atoms with Crippen LogP contribution in [0.2, 0.25) is 0 Å². The SMILES string of the molecule is COc1ccc(OC)c(-c2csc(NC(=O)C3CCCN3Cc3ccccc3)n2)c1. The van der Waals surface area contributed by atoms with Crippen molar-refractivity contribution in [2.75, 3.05) is 26.1 Å². The molecule has 1 aromatic heterocycles. The molecule has 1 unspecified atom stereocenters. The molecule has 30 heavy (non-hydrogen) atoms. The lowest BCUT2D eigenvalue weighted by atomic mass is 10.1. The van der Waals surface area contributed by atoms with Crippen LogP contribution >= 0.6 is 11.3 Å². The Morgan fingerprint density at radius 3 is 2.80 bits per heavy atom. The van der Waals surface area contributed by atoms with Crippen LogP contribution in [-0.2, 0) is 11.3 Å². The number of carbonyl (C=O) groups excluding carboxylic acids is 1. The van der Waals surface area contributed by atoms with Crippen molar-refractivity contribution >= 4 is 22.4 Å². The van der Waals surface area contributed by atoms with Crippen LogP contribution in [0.4, 0.5) is 5.13 Å². The quantitative estimate of drug-likeness (QED) is 0.609. The highest BCUT2D eigenvalue weighted by atomic mass is 32.1. The van der Waals surface area contributed by atoms with Crippen molar-refractivity contribution in [3.63, 3.8) is 0 Å². The Morgan fingerprint density at radius 1 is 1.20 bits per heavy atom. The van der Waals surface area contributed by atoms with Gasteiger partial charge < -0.3 is 14.8 Å². The molecule has 0 bridgehead atoms. The van der Waals surface area contributed by atoms with Crippen LogP contribution in [-0.4, -0.2) is 42.6 Å². The fourth-order valence-corrected chi connectivity index (χ4v) is 4.50. The van der Waals surface area contributed by atoms with E-state index in [9.17, 15) is 4.79 Å². The molecule has 6 nitrogen and oxygen atoms in total. The number of aromatic nitrogens is 1. The van der Waals surface area contributed by atoms with Gasteiger partial charge in [0.05, 0.1) is 26.0 Å². The second-order valence-electron chi connectivity index (χ2n) is 7.21. The largest absolute Gasteiger partial charge is 0.497 e. The lowest BCUT2D eigenvalue weighted by molar-refractivity contribution is -0.120. The van der Waals surface area contributed by atoms with Crippen molar-refractivity contribution in [2.45, 2.75) is 25.4 Å². The molecule has 1 aliphatic rings. The van der Waals surface area contributed by atoms with E-state index >= 15 is 0 Å². The van der Waals surface area contributed by atoms with E-state index in [2.05, 4.69) is 27.3 Å². The zero-order valence-corrected chi connectivity index (χ0v) is 17.9. The smallest absolute Gasteiger partial charge is 0.243 e. The predicted molar refractivity (Wildman–Crippen MR) is 119 cm³/mol. The van der Waals surface area contributed by atoms with Gasteiger partial charge in [-0.25, -0.2) is 4.98 Å². The summed E-state index contributed by atoms with van der Waals surface area (Å²) in [5, 5.41) is 5.52. The molecular weight excluding hydrogens is 398 g/mol. The van der Waals surface area contributed by atoms with Crippen LogP contribution in [0.5, 0.6) is 11.5 Å². The Kier molecular flexibility index (Phi) is 6.30. The van der Waals surface area contributed by atoms with E-state index in [4.69, 9.17) is 9.47 Å². The second-order valence-corrected chi connectivity index (χ2v) is 8.07. The molecule has 1 fully saturated rings. The van der Waals surface area contributed by atoms with Gasteiger partial charge in [0.1, 0.15) is 11.5 Å². The van der Waals surface area contributed by atoms with Gasteiger partial charge >= 0.3 is 0 Å². The number of ether oxygens (including phenoxy) is 2. The van der Waals surface area contributed by atoms with E-state index in [0.29, 0.717) is 10.9 Å². The van der Waals surface area contributed by atoms with Crippen molar-refractivity contribution in [2.24, 2.45) is 0 Å². The van der Waals surface area contributed by atoms with Crippen molar-refractivity contribution in [3.8, 4) is 22.8 Å². The zero-order valence-electron chi connectivity index (χ0n) is 17.1.